The number of amides is 2. The third-order valence-electron chi connectivity index (χ3n) is 3.19. The van der Waals surface area contributed by atoms with Gasteiger partial charge in [-0.2, -0.15) is 5.10 Å². The van der Waals surface area contributed by atoms with Crippen LogP contribution < -0.4 is 10.6 Å². The van der Waals surface area contributed by atoms with E-state index in [2.05, 4.69) is 26.0 Å². The molecule has 7 heteroatoms. The van der Waals surface area contributed by atoms with Crippen LogP contribution in [0, 0.1) is 0 Å². The summed E-state index contributed by atoms with van der Waals surface area (Å²) >= 11 is 0. The summed E-state index contributed by atoms with van der Waals surface area (Å²) < 4.78 is 5.22. The van der Waals surface area contributed by atoms with E-state index >= 15 is 0 Å². The molecule has 0 aliphatic carbocycles. The van der Waals surface area contributed by atoms with Crippen LogP contribution in [0.4, 0.5) is 16.3 Å². The minimum Gasteiger partial charge on any atom is -0.359 e. The molecule has 3 N–H and O–H groups in total. The first-order valence-electron chi connectivity index (χ1n) is 6.90. The molecule has 0 fully saturated rings. The van der Waals surface area contributed by atoms with Crippen LogP contribution in [0.5, 0.6) is 0 Å². The maximum atomic E-state index is 12.0. The van der Waals surface area contributed by atoms with E-state index in [9.17, 15) is 4.79 Å². The van der Waals surface area contributed by atoms with E-state index in [-0.39, 0.29) is 11.4 Å². The quantitative estimate of drug-likeness (QED) is 0.675. The van der Waals surface area contributed by atoms with Gasteiger partial charge in [0.1, 0.15) is 5.76 Å². The van der Waals surface area contributed by atoms with Crippen molar-refractivity contribution in [3.63, 3.8) is 0 Å². The summed E-state index contributed by atoms with van der Waals surface area (Å²) in [6.45, 7) is 6.03. The topological polar surface area (TPSA) is 95.8 Å². The predicted octanol–water partition coefficient (Wildman–Crippen LogP) is 3.49. The molecule has 114 valence electrons. The average Bonchev–Trinajstić information content (AvgIpc) is 3.05. The molecule has 2 amide bonds. The SMILES string of the molecule is CC(C)(C)c1cc(NC(=O)Nc2ccc3cn[nH]c3c2)no1. The van der Waals surface area contributed by atoms with Crippen LogP contribution in [0.2, 0.25) is 0 Å². The zero-order chi connectivity index (χ0) is 15.7. The summed E-state index contributed by atoms with van der Waals surface area (Å²) in [5.41, 5.74) is 1.36. The van der Waals surface area contributed by atoms with Crippen molar-refractivity contribution in [1.82, 2.24) is 15.4 Å². The third kappa shape index (κ3) is 2.93. The van der Waals surface area contributed by atoms with Crippen LogP contribution in [-0.2, 0) is 5.41 Å². The summed E-state index contributed by atoms with van der Waals surface area (Å²) in [4.78, 5) is 12.0. The van der Waals surface area contributed by atoms with Gasteiger partial charge in [0.05, 0.1) is 11.7 Å². The molecule has 3 aromatic rings. The Labute approximate surface area is 127 Å². The fraction of sp³-hybridized carbons (Fsp3) is 0.267. The lowest BCUT2D eigenvalue weighted by Crippen LogP contribution is -2.19. The number of benzene rings is 1. The molecule has 22 heavy (non-hydrogen) atoms. The highest BCUT2D eigenvalue weighted by atomic mass is 16.5. The number of carbonyl (C=O) groups is 1. The lowest BCUT2D eigenvalue weighted by molar-refractivity contribution is 0.262. The molecule has 0 saturated heterocycles. The Kier molecular flexibility index (Phi) is 3.32. The Morgan fingerprint density at radius 3 is 2.77 bits per heavy atom. The Morgan fingerprint density at radius 2 is 2.05 bits per heavy atom. The first kappa shape index (κ1) is 14.1. The third-order valence-corrected chi connectivity index (χ3v) is 3.19. The van der Waals surface area contributed by atoms with Gasteiger partial charge in [0.25, 0.3) is 0 Å². The number of aromatic nitrogens is 3. The number of carbonyl (C=O) groups excluding carboxylic acids is 1. The first-order valence-corrected chi connectivity index (χ1v) is 6.90. The van der Waals surface area contributed by atoms with Gasteiger partial charge in [-0.05, 0) is 18.2 Å². The van der Waals surface area contributed by atoms with Crippen LogP contribution in [0.1, 0.15) is 26.5 Å². The van der Waals surface area contributed by atoms with Crippen LogP contribution in [0.25, 0.3) is 10.9 Å². The maximum absolute atomic E-state index is 12.0. The molecule has 0 radical (unpaired) electrons. The van der Waals surface area contributed by atoms with Gasteiger partial charge in [-0.1, -0.05) is 25.9 Å². The molecule has 0 aliphatic heterocycles. The fourth-order valence-corrected chi connectivity index (χ4v) is 1.98. The second kappa shape index (κ2) is 5.18. The molecule has 1 aromatic carbocycles. The van der Waals surface area contributed by atoms with Crippen LogP contribution >= 0.6 is 0 Å². The van der Waals surface area contributed by atoms with E-state index in [1.54, 1.807) is 18.3 Å². The Balaban J connectivity index is 1.68. The van der Waals surface area contributed by atoms with E-state index < -0.39 is 0 Å². The Morgan fingerprint density at radius 1 is 1.23 bits per heavy atom. The van der Waals surface area contributed by atoms with Crippen LogP contribution in [0.15, 0.2) is 35.0 Å². The van der Waals surface area contributed by atoms with Gasteiger partial charge >= 0.3 is 6.03 Å². The molecule has 7 nitrogen and oxygen atoms in total. The lowest BCUT2D eigenvalue weighted by Gasteiger charge is -2.12. The molecular weight excluding hydrogens is 282 g/mol. The van der Waals surface area contributed by atoms with Gasteiger partial charge in [0, 0.05) is 22.6 Å². The zero-order valence-electron chi connectivity index (χ0n) is 12.6. The number of aromatic amines is 1. The number of hydrogen-bond acceptors (Lipinski definition) is 4. The number of urea groups is 1. The normalized spacial score (nSPS) is 11.6. The Bertz CT molecular complexity index is 813. The molecule has 2 aromatic heterocycles. The standard InChI is InChI=1S/C15H17N5O2/c1-15(2,3)12-7-13(20-22-12)18-14(21)17-10-5-4-9-8-16-19-11(9)6-10/h4-8H,1-3H3,(H,16,19)(H2,17,18,20,21). The van der Waals surface area contributed by atoms with E-state index in [1.165, 1.54) is 0 Å². The first-order chi connectivity index (χ1) is 10.4. The molecule has 0 atom stereocenters. The molecule has 0 spiro atoms. The van der Waals surface area contributed by atoms with E-state index in [4.69, 9.17) is 4.52 Å². The molecule has 0 aliphatic rings. The minimum atomic E-state index is -0.382. The number of hydrogen-bond donors (Lipinski definition) is 3. The number of anilines is 2. The van der Waals surface area contributed by atoms with Gasteiger partial charge in [-0.3, -0.25) is 10.4 Å². The van der Waals surface area contributed by atoms with E-state index in [0.717, 1.165) is 10.9 Å². The molecule has 3 rings (SSSR count). The summed E-state index contributed by atoms with van der Waals surface area (Å²) in [5.74, 6) is 1.09. The summed E-state index contributed by atoms with van der Waals surface area (Å²) in [5, 5.41) is 17.0. The number of fused-ring (bicyclic) bond motifs is 1. The highest BCUT2D eigenvalue weighted by Crippen LogP contribution is 2.24. The summed E-state index contributed by atoms with van der Waals surface area (Å²) in [6.07, 6.45) is 1.72. The van der Waals surface area contributed by atoms with Gasteiger partial charge in [-0.25, -0.2) is 4.79 Å². The molecular formula is C15H17N5O2. The number of H-pyrrole nitrogens is 1. The van der Waals surface area contributed by atoms with Crippen molar-refractivity contribution in [2.75, 3.05) is 10.6 Å². The van der Waals surface area contributed by atoms with Gasteiger partial charge in [0.15, 0.2) is 5.82 Å². The summed E-state index contributed by atoms with van der Waals surface area (Å²) in [6, 6.07) is 6.83. The maximum Gasteiger partial charge on any atom is 0.324 e. The van der Waals surface area contributed by atoms with Gasteiger partial charge < -0.3 is 9.84 Å². The largest absolute Gasteiger partial charge is 0.359 e. The van der Waals surface area contributed by atoms with Crippen molar-refractivity contribution in [3.8, 4) is 0 Å². The highest BCUT2D eigenvalue weighted by molar-refractivity contribution is 6.00. The van der Waals surface area contributed by atoms with Crippen molar-refractivity contribution < 1.29 is 9.32 Å². The van der Waals surface area contributed by atoms with Crippen molar-refractivity contribution in [2.45, 2.75) is 26.2 Å². The molecule has 0 bridgehead atoms. The van der Waals surface area contributed by atoms with Crippen LogP contribution in [0.3, 0.4) is 0 Å². The average molecular weight is 299 g/mol. The van der Waals surface area contributed by atoms with Crippen molar-refractivity contribution >= 4 is 28.4 Å². The van der Waals surface area contributed by atoms with Crippen molar-refractivity contribution in [3.05, 3.63) is 36.2 Å². The zero-order valence-corrected chi connectivity index (χ0v) is 12.6. The van der Waals surface area contributed by atoms with Gasteiger partial charge in [0.2, 0.25) is 0 Å². The van der Waals surface area contributed by atoms with Crippen molar-refractivity contribution in [2.24, 2.45) is 0 Å². The Hall–Kier alpha value is -2.83. The minimum absolute atomic E-state index is 0.158. The van der Waals surface area contributed by atoms with Gasteiger partial charge in [-0.15, -0.1) is 0 Å². The van der Waals surface area contributed by atoms with E-state index in [0.29, 0.717) is 17.3 Å². The lowest BCUT2D eigenvalue weighted by atomic mass is 9.93. The fourth-order valence-electron chi connectivity index (χ4n) is 1.98. The van der Waals surface area contributed by atoms with Crippen LogP contribution in [-0.4, -0.2) is 21.4 Å². The second-order valence-corrected chi connectivity index (χ2v) is 6.08. The molecule has 2 heterocycles. The molecule has 0 unspecified atom stereocenters. The second-order valence-electron chi connectivity index (χ2n) is 6.08. The van der Waals surface area contributed by atoms with E-state index in [1.807, 2.05) is 32.9 Å². The number of nitrogens with zero attached hydrogens (tertiary/aromatic N) is 2. The number of nitrogens with one attached hydrogen (secondary N) is 3. The number of rotatable bonds is 2. The highest BCUT2D eigenvalue weighted by Gasteiger charge is 2.20. The van der Waals surface area contributed by atoms with Crippen molar-refractivity contribution in [1.29, 1.82) is 0 Å². The summed E-state index contributed by atoms with van der Waals surface area (Å²) in [7, 11) is 0. The smallest absolute Gasteiger partial charge is 0.324 e. The monoisotopic (exact) mass is 299 g/mol. The predicted molar refractivity (Wildman–Crippen MR) is 83.9 cm³/mol. The molecule has 0 saturated carbocycles.